The van der Waals surface area contributed by atoms with Crippen LogP contribution < -0.4 is 0 Å². The fourth-order valence-electron chi connectivity index (χ4n) is 1.44. The number of ether oxygens (including phenoxy) is 1. The second kappa shape index (κ2) is 6.46. The molecule has 0 spiro atoms. The molecule has 8 heteroatoms. The minimum Gasteiger partial charge on any atom is -0.469 e. The maximum atomic E-state index is 11.0. The predicted octanol–water partition coefficient (Wildman–Crippen LogP) is 1.21. The molecule has 2 atom stereocenters. The van der Waals surface area contributed by atoms with E-state index in [1.165, 1.54) is 12.1 Å². The summed E-state index contributed by atoms with van der Waals surface area (Å²) in [5.41, 5.74) is -0.295. The third kappa shape index (κ3) is 3.88. The first kappa shape index (κ1) is 15.4. The highest BCUT2D eigenvalue weighted by Crippen LogP contribution is 2.30. The largest absolute Gasteiger partial charge is 0.469 e. The lowest BCUT2D eigenvalue weighted by Gasteiger charge is -2.18. The fraction of sp³-hybridized carbons (Fsp3) is 0.364. The fourth-order valence-corrected chi connectivity index (χ4v) is 1.67. The maximum absolute atomic E-state index is 11.0. The van der Waals surface area contributed by atoms with Gasteiger partial charge in [-0.1, -0.05) is 11.6 Å². The number of non-ortho nitro benzene ring substituents is 1. The van der Waals surface area contributed by atoms with Crippen LogP contribution in [0.3, 0.4) is 0 Å². The van der Waals surface area contributed by atoms with E-state index in [2.05, 4.69) is 4.74 Å². The van der Waals surface area contributed by atoms with E-state index in [1.54, 1.807) is 0 Å². The van der Waals surface area contributed by atoms with Gasteiger partial charge in [-0.25, -0.2) is 0 Å². The molecule has 2 unspecified atom stereocenters. The lowest BCUT2D eigenvalue weighted by molar-refractivity contribution is -0.385. The number of nitrogens with zero attached hydrogens (tertiary/aromatic N) is 1. The molecular weight excluding hydrogens is 278 g/mol. The van der Waals surface area contributed by atoms with Crippen molar-refractivity contribution in [1.29, 1.82) is 0 Å². The Hall–Kier alpha value is -1.70. The second-order valence-electron chi connectivity index (χ2n) is 3.76. The number of methoxy groups -OCH3 is 1. The number of carbonyl (C=O) groups is 1. The van der Waals surface area contributed by atoms with E-state index in [0.29, 0.717) is 0 Å². The van der Waals surface area contributed by atoms with Gasteiger partial charge in [0.15, 0.2) is 0 Å². The van der Waals surface area contributed by atoms with Crippen LogP contribution in [-0.2, 0) is 9.53 Å². The van der Waals surface area contributed by atoms with Crippen molar-refractivity contribution in [3.8, 4) is 0 Å². The van der Waals surface area contributed by atoms with Gasteiger partial charge in [0.25, 0.3) is 5.69 Å². The summed E-state index contributed by atoms with van der Waals surface area (Å²) < 4.78 is 4.35. The molecule has 0 saturated heterocycles. The summed E-state index contributed by atoms with van der Waals surface area (Å²) in [5.74, 6) is -0.715. The molecule has 7 nitrogen and oxygen atoms in total. The standard InChI is InChI=1S/C11H12ClNO6/c1-19-10(15)5-9(14)11(16)7-4-6(13(17)18)2-3-8(7)12/h2-4,9,11,14,16H,5H2,1H3. The number of hydrogen-bond acceptors (Lipinski definition) is 6. The first-order chi connectivity index (χ1) is 8.86. The number of nitro groups is 1. The van der Waals surface area contributed by atoms with Crippen LogP contribution in [0, 0.1) is 10.1 Å². The van der Waals surface area contributed by atoms with Gasteiger partial charge in [0.1, 0.15) is 6.10 Å². The normalized spacial score (nSPS) is 13.7. The van der Waals surface area contributed by atoms with Crippen molar-refractivity contribution >= 4 is 23.3 Å². The Bertz CT molecular complexity index is 492. The Balaban J connectivity index is 2.97. The number of hydrogen-bond donors (Lipinski definition) is 2. The van der Waals surface area contributed by atoms with Gasteiger partial charge in [0.05, 0.1) is 24.6 Å². The summed E-state index contributed by atoms with van der Waals surface area (Å²) in [4.78, 5) is 21.0. The van der Waals surface area contributed by atoms with E-state index in [9.17, 15) is 25.1 Å². The number of aliphatic hydroxyl groups is 2. The van der Waals surface area contributed by atoms with Gasteiger partial charge in [-0.05, 0) is 6.07 Å². The summed E-state index contributed by atoms with van der Waals surface area (Å²) in [7, 11) is 1.14. The Kier molecular flexibility index (Phi) is 5.22. The average Bonchev–Trinajstić information content (AvgIpc) is 2.37. The summed E-state index contributed by atoms with van der Waals surface area (Å²) in [6.07, 6.45) is -3.44. The lowest BCUT2D eigenvalue weighted by atomic mass is 10.0. The molecule has 19 heavy (non-hydrogen) atoms. The molecular formula is C11H12ClNO6. The smallest absolute Gasteiger partial charge is 0.308 e. The zero-order valence-corrected chi connectivity index (χ0v) is 10.7. The Morgan fingerprint density at radius 3 is 2.68 bits per heavy atom. The molecule has 0 aliphatic heterocycles. The quantitative estimate of drug-likeness (QED) is 0.479. The van der Waals surface area contributed by atoms with E-state index in [0.717, 1.165) is 13.2 Å². The van der Waals surface area contributed by atoms with Crippen LogP contribution in [0.2, 0.25) is 5.02 Å². The first-order valence-corrected chi connectivity index (χ1v) is 5.61. The molecule has 0 aliphatic carbocycles. The number of benzene rings is 1. The summed E-state index contributed by atoms with van der Waals surface area (Å²) >= 11 is 5.80. The first-order valence-electron chi connectivity index (χ1n) is 5.23. The van der Waals surface area contributed by atoms with Crippen molar-refractivity contribution < 1.29 is 24.7 Å². The third-order valence-electron chi connectivity index (χ3n) is 2.48. The topological polar surface area (TPSA) is 110 Å². The molecule has 0 bridgehead atoms. The highest BCUT2D eigenvalue weighted by atomic mass is 35.5. The minimum atomic E-state index is -1.52. The third-order valence-corrected chi connectivity index (χ3v) is 2.82. The van der Waals surface area contributed by atoms with Crippen LogP contribution in [0.1, 0.15) is 18.1 Å². The highest BCUT2D eigenvalue weighted by molar-refractivity contribution is 6.31. The zero-order chi connectivity index (χ0) is 14.6. The molecule has 1 aromatic carbocycles. The minimum absolute atomic E-state index is 0.0210. The van der Waals surface area contributed by atoms with Crippen LogP contribution >= 0.6 is 11.6 Å². The van der Waals surface area contributed by atoms with Crippen molar-refractivity contribution in [2.75, 3.05) is 7.11 Å². The van der Waals surface area contributed by atoms with Crippen molar-refractivity contribution in [3.63, 3.8) is 0 Å². The van der Waals surface area contributed by atoms with Crippen LogP contribution in [-0.4, -0.2) is 34.3 Å². The van der Waals surface area contributed by atoms with Gasteiger partial charge in [-0.15, -0.1) is 0 Å². The van der Waals surface area contributed by atoms with Gasteiger partial charge < -0.3 is 14.9 Å². The van der Waals surface area contributed by atoms with Gasteiger partial charge >= 0.3 is 5.97 Å². The van der Waals surface area contributed by atoms with Crippen molar-refractivity contribution in [1.82, 2.24) is 0 Å². The number of esters is 1. The molecule has 2 N–H and O–H groups in total. The molecule has 0 aromatic heterocycles. The molecule has 0 fully saturated rings. The van der Waals surface area contributed by atoms with Gasteiger partial charge in [0.2, 0.25) is 0 Å². The van der Waals surface area contributed by atoms with Gasteiger partial charge in [0, 0.05) is 22.7 Å². The maximum Gasteiger partial charge on any atom is 0.308 e. The Morgan fingerprint density at radius 1 is 1.53 bits per heavy atom. The van der Waals surface area contributed by atoms with Gasteiger partial charge in [-0.2, -0.15) is 0 Å². The monoisotopic (exact) mass is 289 g/mol. The van der Waals surface area contributed by atoms with E-state index in [-0.39, 0.29) is 16.3 Å². The average molecular weight is 290 g/mol. The molecule has 0 aliphatic rings. The van der Waals surface area contributed by atoms with Gasteiger partial charge in [-0.3, -0.25) is 14.9 Å². The van der Waals surface area contributed by atoms with E-state index >= 15 is 0 Å². The number of rotatable bonds is 5. The summed E-state index contributed by atoms with van der Waals surface area (Å²) in [6.45, 7) is 0. The molecule has 1 rings (SSSR count). The lowest BCUT2D eigenvalue weighted by Crippen LogP contribution is -2.23. The van der Waals surface area contributed by atoms with E-state index in [4.69, 9.17) is 11.6 Å². The predicted molar refractivity (Wildman–Crippen MR) is 65.7 cm³/mol. The number of carbonyl (C=O) groups excluding carboxylic acids is 1. The van der Waals surface area contributed by atoms with E-state index < -0.39 is 29.5 Å². The number of nitro benzene ring substituents is 1. The molecule has 0 radical (unpaired) electrons. The molecule has 0 saturated carbocycles. The summed E-state index contributed by atoms with van der Waals surface area (Å²) in [5, 5.41) is 30.2. The van der Waals surface area contributed by atoms with Crippen LogP contribution in [0.5, 0.6) is 0 Å². The van der Waals surface area contributed by atoms with Crippen molar-refractivity contribution in [2.24, 2.45) is 0 Å². The van der Waals surface area contributed by atoms with Crippen LogP contribution in [0.4, 0.5) is 5.69 Å². The van der Waals surface area contributed by atoms with Crippen LogP contribution in [0.25, 0.3) is 0 Å². The molecule has 0 heterocycles. The van der Waals surface area contributed by atoms with E-state index in [1.807, 2.05) is 0 Å². The van der Waals surface area contributed by atoms with Crippen molar-refractivity contribution in [2.45, 2.75) is 18.6 Å². The SMILES string of the molecule is COC(=O)CC(O)C(O)c1cc([N+](=O)[O-])ccc1Cl. The second-order valence-corrected chi connectivity index (χ2v) is 4.16. The summed E-state index contributed by atoms with van der Waals surface area (Å²) in [6, 6.07) is 3.46. The van der Waals surface area contributed by atoms with Crippen molar-refractivity contribution in [3.05, 3.63) is 38.9 Å². The molecule has 0 amide bonds. The number of halogens is 1. The zero-order valence-electron chi connectivity index (χ0n) is 9.95. The number of aliphatic hydroxyl groups excluding tert-OH is 2. The van der Waals surface area contributed by atoms with Crippen LogP contribution in [0.15, 0.2) is 18.2 Å². The molecule has 1 aromatic rings. The highest BCUT2D eigenvalue weighted by Gasteiger charge is 2.25. The Labute approximate surface area is 113 Å². The Morgan fingerprint density at radius 2 is 2.16 bits per heavy atom. The molecule has 104 valence electrons.